The van der Waals surface area contributed by atoms with E-state index in [2.05, 4.69) is 5.32 Å². The van der Waals surface area contributed by atoms with Crippen molar-refractivity contribution in [2.75, 3.05) is 25.1 Å². The van der Waals surface area contributed by atoms with Crippen LogP contribution in [0.1, 0.15) is 71.5 Å². The lowest BCUT2D eigenvalue weighted by Crippen LogP contribution is -2.62. The Morgan fingerprint density at radius 2 is 0.970 bits per heavy atom. The highest BCUT2D eigenvalue weighted by Gasteiger charge is 2.54. The lowest BCUT2D eigenvalue weighted by molar-refractivity contribution is -0.384. The van der Waals surface area contributed by atoms with Gasteiger partial charge in [-0.15, -0.1) is 0 Å². The van der Waals surface area contributed by atoms with Crippen LogP contribution in [0.2, 0.25) is 0 Å². The number of imidazole rings is 1. The normalized spacial score (nSPS) is 19.8. The van der Waals surface area contributed by atoms with Crippen molar-refractivity contribution in [3.8, 4) is 11.9 Å². The number of rotatable bonds is 30. The second-order valence-corrected chi connectivity index (χ2v) is 23.7. The molecule has 12 rings (SSSR count). The zero-order valence-corrected chi connectivity index (χ0v) is 54.6. The Bertz CT molecular complexity index is 4170. The Kier molecular flexibility index (Phi) is 22.4. The van der Waals surface area contributed by atoms with E-state index in [4.69, 9.17) is 67.1 Å². The van der Waals surface area contributed by atoms with E-state index in [-0.39, 0.29) is 80.8 Å². The quantitative estimate of drug-likeness (QED) is 0.0144. The highest BCUT2D eigenvalue weighted by molar-refractivity contribution is 5.80. The summed E-state index contributed by atoms with van der Waals surface area (Å²) in [6.07, 6.45) is -11.1. The van der Waals surface area contributed by atoms with Gasteiger partial charge in [0.2, 0.25) is 18.1 Å². The molecule has 0 bridgehead atoms. The summed E-state index contributed by atoms with van der Waals surface area (Å²) in [4.78, 5) is 66.7. The molecular weight excluding hydrogens is 1260 g/mol. The van der Waals surface area contributed by atoms with Crippen molar-refractivity contribution in [3.05, 3.63) is 291 Å². The Hall–Kier alpha value is -10.7. The molecule has 22 heteroatoms. The summed E-state index contributed by atoms with van der Waals surface area (Å²) in [5.74, 6) is -2.33. The van der Waals surface area contributed by atoms with Crippen LogP contribution in [0.4, 0.5) is 11.6 Å². The number of benzene rings is 8. The van der Waals surface area contributed by atoms with E-state index < -0.39 is 90.2 Å². The number of non-ortho nitro benzene ring substituents is 1. The van der Waals surface area contributed by atoms with Gasteiger partial charge in [-0.05, 0) is 44.5 Å². The molecule has 2 aromatic heterocycles. The highest BCUT2D eigenvalue weighted by Crippen LogP contribution is 2.44. The minimum absolute atomic E-state index is 0.0112. The third-order valence-electron chi connectivity index (χ3n) is 16.8. The lowest BCUT2D eigenvalue weighted by atomic mass is 9.77. The van der Waals surface area contributed by atoms with Crippen molar-refractivity contribution in [3.63, 3.8) is 0 Å². The van der Waals surface area contributed by atoms with Crippen LogP contribution in [0, 0.1) is 10.1 Å². The Morgan fingerprint density at radius 3 is 1.46 bits per heavy atom. The largest absolute Gasteiger partial charge is 0.476 e. The number of fused-ring (bicyclic) bond motifs is 1. The fourth-order valence-corrected chi connectivity index (χ4v) is 12.2. The molecule has 0 radical (unpaired) electrons. The smallest absolute Gasteiger partial charge is 0.303 e. The van der Waals surface area contributed by atoms with Gasteiger partial charge in [-0.3, -0.25) is 24.5 Å². The maximum Gasteiger partial charge on any atom is 0.303 e. The maximum atomic E-state index is 13.6. The molecule has 0 aliphatic carbocycles. The van der Waals surface area contributed by atoms with Crippen molar-refractivity contribution in [2.45, 2.75) is 114 Å². The van der Waals surface area contributed by atoms with Crippen molar-refractivity contribution in [2.24, 2.45) is 0 Å². The number of nitro groups is 1. The first-order valence-electron chi connectivity index (χ1n) is 32.5. The molecule has 1 N–H and O–H groups in total. The average molecular weight is 1340 g/mol. The van der Waals surface area contributed by atoms with Gasteiger partial charge in [-0.25, -0.2) is 4.57 Å². The van der Waals surface area contributed by atoms with Crippen LogP contribution >= 0.6 is 0 Å². The van der Waals surface area contributed by atoms with Crippen LogP contribution in [0.5, 0.6) is 11.9 Å². The summed E-state index contributed by atoms with van der Waals surface area (Å²) >= 11 is 0. The van der Waals surface area contributed by atoms with Gasteiger partial charge in [-0.2, -0.15) is 15.0 Å². The number of carbonyl (C=O) groups excluding carboxylic acids is 3. The fourth-order valence-electron chi connectivity index (χ4n) is 12.2. The highest BCUT2D eigenvalue weighted by atomic mass is 16.7. The molecule has 2 saturated heterocycles. The van der Waals surface area contributed by atoms with Crippen molar-refractivity contribution in [1.29, 1.82) is 0 Å². The molecule has 4 heterocycles. The van der Waals surface area contributed by atoms with Gasteiger partial charge in [0.1, 0.15) is 42.7 Å². The zero-order chi connectivity index (χ0) is 68.5. The number of aromatic nitrogens is 4. The number of carbonyl (C=O) groups is 3. The van der Waals surface area contributed by atoms with Gasteiger partial charge in [0.05, 0.1) is 44.6 Å². The summed E-state index contributed by atoms with van der Waals surface area (Å²) in [5, 5.41) is 15.5. The van der Waals surface area contributed by atoms with Crippen molar-refractivity contribution in [1.82, 2.24) is 19.5 Å². The monoisotopic (exact) mass is 1340 g/mol. The van der Waals surface area contributed by atoms with Crippen LogP contribution in [-0.4, -0.2) is 111 Å². The molecule has 508 valence electrons. The number of nitro benzene ring substituents is 1. The number of hydrogen-bond acceptors (Lipinski definition) is 20. The number of nitrogens with one attached hydrogen (secondary N) is 1. The van der Waals surface area contributed by atoms with E-state index in [1.807, 2.05) is 212 Å². The summed E-state index contributed by atoms with van der Waals surface area (Å²) in [6.45, 7) is 3.48. The van der Waals surface area contributed by atoms with E-state index >= 15 is 0 Å². The molecule has 2 aliphatic rings. The zero-order valence-electron chi connectivity index (χ0n) is 54.6. The second kappa shape index (κ2) is 32.6. The SMILES string of the molecule is CC(=O)OC[C@H]1O[C@@H](n2c(O[C@H]3O[C@H](COCc4ccccc4)[C@@H](OCc4ccccc4)[C@H](OCc4ccccc4)[C@@H]3OCc3ccccc3)nc3c(OCCc4ccc([N+](=O)[O-])cc4)nc(NC(c4ccccc4)(c4ccccc4)c4ccccc4)nc32)[C@H](OC(C)=O)[C@@H]1OC(C)=O. The van der Waals surface area contributed by atoms with Crippen LogP contribution < -0.4 is 14.8 Å². The fraction of sp³-hybridized carbons (Fsp3) is 0.273. The van der Waals surface area contributed by atoms with E-state index in [1.165, 1.54) is 37.5 Å². The molecule has 10 aromatic rings. The molecule has 0 spiro atoms. The first kappa shape index (κ1) is 68.2. The number of esters is 3. The molecule has 99 heavy (non-hydrogen) atoms. The van der Waals surface area contributed by atoms with Crippen LogP contribution in [-0.2, 0) is 95.4 Å². The molecular formula is C77H74N6O16. The second-order valence-electron chi connectivity index (χ2n) is 23.7. The lowest BCUT2D eigenvalue weighted by Gasteiger charge is -2.45. The van der Waals surface area contributed by atoms with Gasteiger partial charge < -0.3 is 57.4 Å². The van der Waals surface area contributed by atoms with E-state index in [0.29, 0.717) is 5.56 Å². The van der Waals surface area contributed by atoms with Crippen molar-refractivity contribution >= 4 is 40.7 Å². The first-order valence-corrected chi connectivity index (χ1v) is 32.5. The van der Waals surface area contributed by atoms with Crippen LogP contribution in [0.25, 0.3) is 11.2 Å². The first-order chi connectivity index (χ1) is 48.4. The summed E-state index contributed by atoms with van der Waals surface area (Å²) in [6, 6.07) is 73.8. The van der Waals surface area contributed by atoms with Crippen LogP contribution in [0.15, 0.2) is 237 Å². The molecule has 9 atom stereocenters. The number of ether oxygens (including phenoxy) is 11. The third kappa shape index (κ3) is 16.8. The Labute approximate surface area is 571 Å². The Morgan fingerprint density at radius 1 is 0.505 bits per heavy atom. The summed E-state index contributed by atoms with van der Waals surface area (Å²) in [5.41, 5.74) is 5.17. The maximum absolute atomic E-state index is 13.6. The predicted octanol–water partition coefficient (Wildman–Crippen LogP) is 12.2. The van der Waals surface area contributed by atoms with E-state index in [1.54, 1.807) is 12.1 Å². The van der Waals surface area contributed by atoms with E-state index in [0.717, 1.165) is 38.9 Å². The molecule has 0 amide bonds. The van der Waals surface area contributed by atoms with Gasteiger partial charge in [-0.1, -0.05) is 224 Å². The average Bonchev–Trinajstić information content (AvgIpc) is 1.70. The summed E-state index contributed by atoms with van der Waals surface area (Å²) in [7, 11) is 0. The minimum atomic E-state index is -1.58. The number of hydrogen-bond donors (Lipinski definition) is 1. The van der Waals surface area contributed by atoms with Gasteiger partial charge in [0.15, 0.2) is 29.6 Å². The molecule has 0 saturated carbocycles. The van der Waals surface area contributed by atoms with Crippen molar-refractivity contribution < 1.29 is 71.4 Å². The van der Waals surface area contributed by atoms with Crippen LogP contribution in [0.3, 0.4) is 0 Å². The topological polar surface area (TPSA) is 252 Å². The van der Waals surface area contributed by atoms with Gasteiger partial charge >= 0.3 is 23.9 Å². The molecule has 8 aromatic carbocycles. The minimum Gasteiger partial charge on any atom is -0.476 e. The van der Waals surface area contributed by atoms with E-state index in [9.17, 15) is 24.5 Å². The van der Waals surface area contributed by atoms with Gasteiger partial charge in [0.25, 0.3) is 5.69 Å². The number of nitrogens with zero attached hydrogens (tertiary/aromatic N) is 5. The standard InChI is InChI=1S/C77H74N6O16/c1-51(84)91-50-64-67(95-52(2)85)69(96-53(3)86)73(97-64)82-71-65(72(90-44-43-54-39-41-62(42-40-54)83(87)88)80-75(79-71)81-77(59-33-19-8-20-34-59,60-35-21-9-22-36-60)61-37-23-10-24-38-61)78-76(82)99-74-70(94-48-58-31-17-7-18-32-58)68(93-47-57-29-15-6-16-30-57)66(92-46-56-27-13-5-14-28-56)63(98-74)49-89-45-55-25-11-4-12-26-55/h4-42,63-64,66-70,73-74H,43-50H2,1-3H3,(H,79,80,81)/t63-,64-,66-,67-,68+,69-,70+,73-,74-/m1/s1. The Balaban J connectivity index is 1.07. The molecule has 22 nitrogen and oxygen atoms in total. The van der Waals surface area contributed by atoms with Gasteiger partial charge in [0, 0.05) is 39.3 Å². The molecule has 0 unspecified atom stereocenters. The predicted molar refractivity (Wildman–Crippen MR) is 363 cm³/mol. The third-order valence-corrected chi connectivity index (χ3v) is 16.8. The molecule has 2 aliphatic heterocycles. The summed E-state index contributed by atoms with van der Waals surface area (Å²) < 4.78 is 75.4. The molecule has 2 fully saturated rings. The number of anilines is 1.